The molecule has 0 atom stereocenters. The molecule has 0 aliphatic heterocycles. The Bertz CT molecular complexity index is 429. The van der Waals surface area contributed by atoms with Crippen LogP contribution in [0.3, 0.4) is 0 Å². The summed E-state index contributed by atoms with van der Waals surface area (Å²) in [6, 6.07) is 1.89. The topological polar surface area (TPSA) is 75.1 Å². The third-order valence-electron chi connectivity index (χ3n) is 3.51. The molecular weight excluding hydrogens is 218 g/mol. The van der Waals surface area contributed by atoms with Crippen molar-refractivity contribution in [1.82, 2.24) is 10.2 Å². The third kappa shape index (κ3) is 2.23. The number of carboxylic acid groups (broad SMARTS) is 1. The molecule has 2 N–H and O–H groups in total. The largest absolute Gasteiger partial charge is 0.478 e. The van der Waals surface area contributed by atoms with Crippen LogP contribution in [-0.2, 0) is 0 Å². The van der Waals surface area contributed by atoms with Gasteiger partial charge in [0.25, 0.3) is 0 Å². The lowest BCUT2D eigenvalue weighted by molar-refractivity contribution is 0.0697. The molecule has 0 spiro atoms. The molecule has 0 radical (unpaired) electrons. The van der Waals surface area contributed by atoms with E-state index >= 15 is 0 Å². The van der Waals surface area contributed by atoms with E-state index in [2.05, 4.69) is 15.5 Å². The van der Waals surface area contributed by atoms with Crippen LogP contribution < -0.4 is 5.32 Å². The van der Waals surface area contributed by atoms with Crippen LogP contribution in [0.5, 0.6) is 0 Å². The normalized spacial score (nSPS) is 19.4. The number of nitrogens with zero attached hydrogens (tertiary/aromatic N) is 2. The van der Waals surface area contributed by atoms with Crippen LogP contribution in [0.2, 0.25) is 0 Å². The van der Waals surface area contributed by atoms with Crippen molar-refractivity contribution in [2.75, 3.05) is 5.32 Å². The molecule has 3 rings (SSSR count). The second-order valence-electron chi connectivity index (χ2n) is 4.94. The first-order chi connectivity index (χ1) is 8.25. The molecule has 0 saturated heterocycles. The SMILES string of the molecule is O=C(O)c1ccnnc1NC(C1CC1)C1CC1. The zero-order valence-corrected chi connectivity index (χ0v) is 9.47. The maximum atomic E-state index is 11.1. The Labute approximate surface area is 99.3 Å². The minimum Gasteiger partial charge on any atom is -0.478 e. The number of nitrogens with one attached hydrogen (secondary N) is 1. The predicted molar refractivity (Wildman–Crippen MR) is 61.9 cm³/mol. The lowest BCUT2D eigenvalue weighted by atomic mass is 10.1. The molecule has 2 saturated carbocycles. The van der Waals surface area contributed by atoms with Crippen LogP contribution in [0.1, 0.15) is 36.0 Å². The Kier molecular flexibility index (Phi) is 2.46. The van der Waals surface area contributed by atoms with Crippen molar-refractivity contribution in [3.8, 4) is 0 Å². The van der Waals surface area contributed by atoms with Gasteiger partial charge < -0.3 is 10.4 Å². The summed E-state index contributed by atoms with van der Waals surface area (Å²) in [4.78, 5) is 11.1. The molecule has 5 heteroatoms. The Morgan fingerprint density at radius 1 is 1.35 bits per heavy atom. The lowest BCUT2D eigenvalue weighted by Crippen LogP contribution is -2.26. The average Bonchev–Trinajstić information content (AvgIpc) is 3.16. The van der Waals surface area contributed by atoms with E-state index in [1.165, 1.54) is 37.9 Å². The summed E-state index contributed by atoms with van der Waals surface area (Å²) >= 11 is 0. The second-order valence-corrected chi connectivity index (χ2v) is 4.94. The van der Waals surface area contributed by atoms with Crippen molar-refractivity contribution >= 4 is 11.8 Å². The van der Waals surface area contributed by atoms with Crippen LogP contribution in [-0.4, -0.2) is 27.3 Å². The van der Waals surface area contributed by atoms with Crippen LogP contribution in [0, 0.1) is 11.8 Å². The summed E-state index contributed by atoms with van der Waals surface area (Å²) in [6.45, 7) is 0. The number of carbonyl (C=O) groups is 1. The van der Waals surface area contributed by atoms with E-state index in [1.807, 2.05) is 0 Å². The molecule has 0 bridgehead atoms. The number of aromatic nitrogens is 2. The Morgan fingerprint density at radius 3 is 2.53 bits per heavy atom. The van der Waals surface area contributed by atoms with Gasteiger partial charge in [0, 0.05) is 6.04 Å². The third-order valence-corrected chi connectivity index (χ3v) is 3.51. The lowest BCUT2D eigenvalue weighted by Gasteiger charge is -2.18. The average molecular weight is 233 g/mol. The van der Waals surface area contributed by atoms with Crippen LogP contribution in [0.25, 0.3) is 0 Å². The van der Waals surface area contributed by atoms with E-state index in [4.69, 9.17) is 5.11 Å². The van der Waals surface area contributed by atoms with Crippen molar-refractivity contribution in [2.24, 2.45) is 11.8 Å². The number of carboxylic acids is 1. The van der Waals surface area contributed by atoms with Gasteiger partial charge in [-0.3, -0.25) is 0 Å². The van der Waals surface area contributed by atoms with E-state index in [0.717, 1.165) is 0 Å². The Balaban J connectivity index is 1.80. The molecule has 5 nitrogen and oxygen atoms in total. The molecule has 1 aromatic heterocycles. The van der Waals surface area contributed by atoms with E-state index in [9.17, 15) is 4.79 Å². The van der Waals surface area contributed by atoms with Gasteiger partial charge in [-0.25, -0.2) is 4.79 Å². The summed E-state index contributed by atoms with van der Waals surface area (Å²) < 4.78 is 0. The zero-order chi connectivity index (χ0) is 11.8. The van der Waals surface area contributed by atoms with Gasteiger partial charge in [-0.2, -0.15) is 5.10 Å². The van der Waals surface area contributed by atoms with Gasteiger partial charge in [-0.1, -0.05) is 0 Å². The van der Waals surface area contributed by atoms with Crippen molar-refractivity contribution in [2.45, 2.75) is 31.7 Å². The van der Waals surface area contributed by atoms with Crippen molar-refractivity contribution in [1.29, 1.82) is 0 Å². The van der Waals surface area contributed by atoms with E-state index < -0.39 is 5.97 Å². The van der Waals surface area contributed by atoms with Gasteiger partial charge in [-0.05, 0) is 43.6 Å². The molecule has 2 aliphatic rings. The molecule has 1 heterocycles. The summed E-state index contributed by atoms with van der Waals surface area (Å²) in [5, 5.41) is 20.1. The second kappa shape index (κ2) is 3.98. The van der Waals surface area contributed by atoms with E-state index in [-0.39, 0.29) is 5.56 Å². The standard InChI is InChI=1S/C12H15N3O2/c16-12(17)9-5-6-13-15-11(9)14-10(7-1-2-7)8-3-4-8/h5-8,10H,1-4H2,(H,14,15)(H,16,17). The predicted octanol–water partition coefficient (Wildman–Crippen LogP) is 1.78. The van der Waals surface area contributed by atoms with Gasteiger partial charge in [0.2, 0.25) is 0 Å². The summed E-state index contributed by atoms with van der Waals surface area (Å²) in [6.07, 6.45) is 6.40. The highest BCUT2D eigenvalue weighted by atomic mass is 16.4. The molecule has 0 unspecified atom stereocenters. The van der Waals surface area contributed by atoms with Gasteiger partial charge in [0.05, 0.1) is 6.20 Å². The number of anilines is 1. The highest BCUT2D eigenvalue weighted by molar-refractivity contribution is 5.92. The molecule has 17 heavy (non-hydrogen) atoms. The Morgan fingerprint density at radius 2 is 2.00 bits per heavy atom. The van der Waals surface area contributed by atoms with Gasteiger partial charge in [0.15, 0.2) is 5.82 Å². The first-order valence-electron chi connectivity index (χ1n) is 6.07. The minimum atomic E-state index is -0.951. The summed E-state index contributed by atoms with van der Waals surface area (Å²) in [5.41, 5.74) is 0.214. The fraction of sp³-hybridized carbons (Fsp3) is 0.583. The number of hydrogen-bond donors (Lipinski definition) is 2. The number of aromatic carboxylic acids is 1. The zero-order valence-electron chi connectivity index (χ0n) is 9.47. The fourth-order valence-corrected chi connectivity index (χ4v) is 2.30. The maximum absolute atomic E-state index is 11.1. The molecule has 2 aliphatic carbocycles. The van der Waals surface area contributed by atoms with Crippen LogP contribution in [0.4, 0.5) is 5.82 Å². The fourth-order valence-electron chi connectivity index (χ4n) is 2.30. The first kappa shape index (κ1) is 10.5. The molecule has 0 amide bonds. The van der Waals surface area contributed by atoms with Crippen LogP contribution in [0.15, 0.2) is 12.3 Å². The monoisotopic (exact) mass is 233 g/mol. The maximum Gasteiger partial charge on any atom is 0.339 e. The van der Waals surface area contributed by atoms with Crippen LogP contribution >= 0.6 is 0 Å². The van der Waals surface area contributed by atoms with E-state index in [1.54, 1.807) is 0 Å². The van der Waals surface area contributed by atoms with Crippen molar-refractivity contribution in [3.05, 3.63) is 17.8 Å². The highest BCUT2D eigenvalue weighted by Crippen LogP contribution is 2.45. The van der Waals surface area contributed by atoms with Gasteiger partial charge >= 0.3 is 5.97 Å². The highest BCUT2D eigenvalue weighted by Gasteiger charge is 2.42. The molecule has 1 aromatic rings. The summed E-state index contributed by atoms with van der Waals surface area (Å²) in [5.74, 6) is 0.869. The molecule has 2 fully saturated rings. The molecular formula is C12H15N3O2. The van der Waals surface area contributed by atoms with Gasteiger partial charge in [0.1, 0.15) is 5.56 Å². The first-order valence-corrected chi connectivity index (χ1v) is 6.07. The molecule has 90 valence electrons. The van der Waals surface area contributed by atoms with Gasteiger partial charge in [-0.15, -0.1) is 5.10 Å². The minimum absolute atomic E-state index is 0.214. The quantitative estimate of drug-likeness (QED) is 0.810. The Hall–Kier alpha value is -1.65. The smallest absolute Gasteiger partial charge is 0.339 e. The van der Waals surface area contributed by atoms with Crippen molar-refractivity contribution in [3.63, 3.8) is 0 Å². The number of hydrogen-bond acceptors (Lipinski definition) is 4. The molecule has 0 aromatic carbocycles. The summed E-state index contributed by atoms with van der Waals surface area (Å²) in [7, 11) is 0. The van der Waals surface area contributed by atoms with Crippen molar-refractivity contribution < 1.29 is 9.90 Å². The van der Waals surface area contributed by atoms with E-state index in [0.29, 0.717) is 23.7 Å². The number of rotatable bonds is 5.